The zero-order valence-corrected chi connectivity index (χ0v) is 12.6. The minimum Gasteiger partial charge on any atom is -0.493 e. The molecule has 1 N–H and O–H groups in total. The molecule has 7 heteroatoms. The average Bonchev–Trinajstić information content (AvgIpc) is 2.55. The van der Waals surface area contributed by atoms with Gasteiger partial charge in [0, 0.05) is 11.8 Å². The second-order valence-electron chi connectivity index (χ2n) is 4.69. The summed E-state index contributed by atoms with van der Waals surface area (Å²) in [5, 5.41) is 2.78. The first-order chi connectivity index (χ1) is 11.0. The smallest absolute Gasteiger partial charge is 0.387 e. The van der Waals surface area contributed by atoms with E-state index in [0.717, 1.165) is 0 Å². The van der Waals surface area contributed by atoms with Crippen LogP contribution in [0.5, 0.6) is 11.5 Å². The van der Waals surface area contributed by atoms with Gasteiger partial charge < -0.3 is 14.8 Å². The van der Waals surface area contributed by atoms with E-state index in [1.165, 1.54) is 25.3 Å². The molecule has 0 saturated heterocycles. The highest BCUT2D eigenvalue weighted by Gasteiger charge is 2.16. The summed E-state index contributed by atoms with van der Waals surface area (Å²) in [6.45, 7) is -1.17. The lowest BCUT2D eigenvalue weighted by Gasteiger charge is -2.15. The normalized spacial score (nSPS) is 11.9. The second kappa shape index (κ2) is 7.53. The highest BCUT2D eigenvalue weighted by Crippen LogP contribution is 2.29. The average molecular weight is 322 g/mol. The van der Waals surface area contributed by atoms with Crippen LogP contribution in [-0.4, -0.2) is 24.6 Å². The van der Waals surface area contributed by atoms with Crippen LogP contribution in [0.4, 0.5) is 8.78 Å². The molecule has 0 spiro atoms. The lowest BCUT2D eigenvalue weighted by atomic mass is 10.1. The van der Waals surface area contributed by atoms with Crippen molar-refractivity contribution in [1.29, 1.82) is 0 Å². The molecule has 2 rings (SSSR count). The summed E-state index contributed by atoms with van der Waals surface area (Å²) in [5.74, 6) is -0.440. The number of ether oxygens (including phenoxy) is 2. The summed E-state index contributed by atoms with van der Waals surface area (Å²) >= 11 is 0. The summed E-state index contributed by atoms with van der Waals surface area (Å²) in [7, 11) is 1.31. The predicted octanol–water partition coefficient (Wildman–Crippen LogP) is 3.18. The van der Waals surface area contributed by atoms with E-state index in [1.807, 2.05) is 6.07 Å². The van der Waals surface area contributed by atoms with E-state index in [1.54, 1.807) is 25.3 Å². The van der Waals surface area contributed by atoms with E-state index in [4.69, 9.17) is 4.74 Å². The van der Waals surface area contributed by atoms with Gasteiger partial charge in [-0.3, -0.25) is 9.78 Å². The van der Waals surface area contributed by atoms with Gasteiger partial charge in [-0.15, -0.1) is 0 Å². The second-order valence-corrected chi connectivity index (χ2v) is 4.69. The van der Waals surface area contributed by atoms with Crippen molar-refractivity contribution in [3.05, 3.63) is 53.9 Å². The molecular weight excluding hydrogens is 306 g/mol. The number of alkyl halides is 2. The van der Waals surface area contributed by atoms with Crippen LogP contribution in [0.2, 0.25) is 0 Å². The lowest BCUT2D eigenvalue weighted by molar-refractivity contribution is -0.0512. The molecule has 2 aromatic rings. The highest BCUT2D eigenvalue weighted by atomic mass is 19.3. The van der Waals surface area contributed by atoms with Crippen LogP contribution in [0, 0.1) is 0 Å². The fourth-order valence-corrected chi connectivity index (χ4v) is 1.99. The Morgan fingerprint density at radius 1 is 1.22 bits per heavy atom. The number of amides is 1. The molecule has 1 heterocycles. The summed E-state index contributed by atoms with van der Waals surface area (Å²) in [6.07, 6.45) is 1.64. The zero-order valence-electron chi connectivity index (χ0n) is 12.6. The van der Waals surface area contributed by atoms with Gasteiger partial charge in [0.2, 0.25) is 0 Å². The van der Waals surface area contributed by atoms with E-state index in [0.29, 0.717) is 5.69 Å². The standard InChI is InChI=1S/C16H16F2N2O3/c1-10(12-5-3-4-8-19-12)20-15(21)11-6-7-13(23-16(17)18)14(9-11)22-2/h3-10,16H,1-2H3,(H,20,21). The third-order valence-corrected chi connectivity index (χ3v) is 3.12. The molecule has 1 aromatic carbocycles. The number of carbonyl (C=O) groups is 1. The van der Waals surface area contributed by atoms with Crippen LogP contribution in [-0.2, 0) is 0 Å². The number of rotatable bonds is 6. The van der Waals surface area contributed by atoms with Gasteiger partial charge in [0.25, 0.3) is 5.91 Å². The molecule has 0 saturated carbocycles. The number of nitrogens with one attached hydrogen (secondary N) is 1. The fourth-order valence-electron chi connectivity index (χ4n) is 1.99. The van der Waals surface area contributed by atoms with Crippen LogP contribution in [0.1, 0.15) is 29.0 Å². The van der Waals surface area contributed by atoms with Crippen molar-refractivity contribution in [2.45, 2.75) is 19.6 Å². The van der Waals surface area contributed by atoms with Gasteiger partial charge >= 0.3 is 6.61 Å². The predicted molar refractivity (Wildman–Crippen MR) is 79.7 cm³/mol. The van der Waals surface area contributed by atoms with Crippen molar-refractivity contribution in [3.8, 4) is 11.5 Å². The van der Waals surface area contributed by atoms with Gasteiger partial charge in [-0.1, -0.05) is 6.07 Å². The molecule has 0 radical (unpaired) electrons. The Labute approximate surface area is 132 Å². The topological polar surface area (TPSA) is 60.5 Å². The first-order valence-corrected chi connectivity index (χ1v) is 6.86. The number of methoxy groups -OCH3 is 1. The monoisotopic (exact) mass is 322 g/mol. The number of aromatic nitrogens is 1. The third kappa shape index (κ3) is 4.38. The molecular formula is C16H16F2N2O3. The molecule has 122 valence electrons. The molecule has 0 aliphatic heterocycles. The van der Waals surface area contributed by atoms with Crippen molar-refractivity contribution in [2.24, 2.45) is 0 Å². The van der Waals surface area contributed by atoms with Crippen LogP contribution in [0.25, 0.3) is 0 Å². The van der Waals surface area contributed by atoms with Crippen LogP contribution < -0.4 is 14.8 Å². The minimum atomic E-state index is -2.97. The molecule has 0 aliphatic carbocycles. The van der Waals surface area contributed by atoms with Gasteiger partial charge in [-0.25, -0.2) is 0 Å². The Hall–Kier alpha value is -2.70. The molecule has 0 fully saturated rings. The molecule has 0 aliphatic rings. The molecule has 1 unspecified atom stereocenters. The highest BCUT2D eigenvalue weighted by molar-refractivity contribution is 5.95. The Bertz CT molecular complexity index is 666. The van der Waals surface area contributed by atoms with Gasteiger partial charge in [-0.2, -0.15) is 8.78 Å². The summed E-state index contributed by atoms with van der Waals surface area (Å²) in [5.41, 5.74) is 0.983. The van der Waals surface area contributed by atoms with Gasteiger partial charge in [-0.05, 0) is 37.3 Å². The zero-order chi connectivity index (χ0) is 16.8. The van der Waals surface area contributed by atoms with Crippen LogP contribution in [0.15, 0.2) is 42.6 Å². The number of carbonyl (C=O) groups excluding carboxylic acids is 1. The van der Waals surface area contributed by atoms with E-state index >= 15 is 0 Å². The van der Waals surface area contributed by atoms with Crippen LogP contribution >= 0.6 is 0 Å². The van der Waals surface area contributed by atoms with E-state index in [2.05, 4.69) is 15.0 Å². The van der Waals surface area contributed by atoms with E-state index < -0.39 is 6.61 Å². The number of nitrogens with zero attached hydrogens (tertiary/aromatic N) is 1. The van der Waals surface area contributed by atoms with Crippen LogP contribution in [0.3, 0.4) is 0 Å². The molecule has 1 aromatic heterocycles. The van der Waals surface area contributed by atoms with Crippen molar-refractivity contribution < 1.29 is 23.0 Å². The largest absolute Gasteiger partial charge is 0.493 e. The van der Waals surface area contributed by atoms with Crippen molar-refractivity contribution in [2.75, 3.05) is 7.11 Å². The molecule has 1 amide bonds. The van der Waals surface area contributed by atoms with E-state index in [-0.39, 0.29) is 29.0 Å². The number of pyridine rings is 1. The SMILES string of the molecule is COc1cc(C(=O)NC(C)c2ccccn2)ccc1OC(F)F. The molecule has 1 atom stereocenters. The summed E-state index contributed by atoms with van der Waals surface area (Å²) in [4.78, 5) is 16.4. The van der Waals surface area contributed by atoms with Crippen molar-refractivity contribution in [1.82, 2.24) is 10.3 Å². The molecule has 5 nitrogen and oxygen atoms in total. The minimum absolute atomic E-state index is 0.0587. The Morgan fingerprint density at radius 2 is 2.00 bits per heavy atom. The quantitative estimate of drug-likeness (QED) is 0.887. The Kier molecular flexibility index (Phi) is 5.46. The van der Waals surface area contributed by atoms with Gasteiger partial charge in [0.05, 0.1) is 18.8 Å². The fraction of sp³-hybridized carbons (Fsp3) is 0.250. The third-order valence-electron chi connectivity index (χ3n) is 3.12. The van der Waals surface area contributed by atoms with E-state index in [9.17, 15) is 13.6 Å². The molecule has 23 heavy (non-hydrogen) atoms. The van der Waals surface area contributed by atoms with Crippen molar-refractivity contribution >= 4 is 5.91 Å². The Balaban J connectivity index is 2.13. The number of hydrogen-bond acceptors (Lipinski definition) is 4. The summed E-state index contributed by atoms with van der Waals surface area (Å²) < 4.78 is 33.9. The first-order valence-electron chi connectivity index (χ1n) is 6.86. The number of hydrogen-bond donors (Lipinski definition) is 1. The van der Waals surface area contributed by atoms with Gasteiger partial charge in [0.15, 0.2) is 11.5 Å². The Morgan fingerprint density at radius 3 is 2.61 bits per heavy atom. The maximum Gasteiger partial charge on any atom is 0.387 e. The number of benzene rings is 1. The number of halogens is 2. The van der Waals surface area contributed by atoms with Gasteiger partial charge in [0.1, 0.15) is 0 Å². The first kappa shape index (κ1) is 16.7. The molecule has 0 bridgehead atoms. The van der Waals surface area contributed by atoms with Crippen molar-refractivity contribution in [3.63, 3.8) is 0 Å². The maximum atomic E-state index is 12.3. The maximum absolute atomic E-state index is 12.3. The summed E-state index contributed by atoms with van der Waals surface area (Å²) in [6, 6.07) is 9.11. The lowest BCUT2D eigenvalue weighted by Crippen LogP contribution is -2.27.